The molecule has 7 unspecified atom stereocenters. The molecule has 0 bridgehead atoms. The van der Waals surface area contributed by atoms with Crippen LogP contribution in [0.5, 0.6) is 0 Å². The molecule has 0 heterocycles. The lowest BCUT2D eigenvalue weighted by atomic mass is 9.47. The van der Waals surface area contributed by atoms with Gasteiger partial charge in [0.1, 0.15) is 6.10 Å². The molecule has 4 aliphatic rings. The maximum Gasteiger partial charge on any atom is 0.414 e. The highest BCUT2D eigenvalue weighted by atomic mass is 19.4. The first kappa shape index (κ1) is 21.7. The summed E-state index contributed by atoms with van der Waals surface area (Å²) in [5, 5.41) is 19.4. The van der Waals surface area contributed by atoms with Gasteiger partial charge in [0.05, 0.1) is 6.10 Å². The maximum absolute atomic E-state index is 12.6. The van der Waals surface area contributed by atoms with E-state index < -0.39 is 12.3 Å². The zero-order valence-electron chi connectivity index (χ0n) is 17.8. The van der Waals surface area contributed by atoms with E-state index in [1.807, 2.05) is 0 Å². The molecule has 0 aromatic rings. The van der Waals surface area contributed by atoms with Crippen LogP contribution in [0.25, 0.3) is 0 Å². The van der Waals surface area contributed by atoms with Crippen molar-refractivity contribution < 1.29 is 23.4 Å². The predicted octanol–water partition coefficient (Wildman–Crippen LogP) is 6.02. The summed E-state index contributed by atoms with van der Waals surface area (Å²) in [6, 6.07) is 0. The Morgan fingerprint density at radius 2 is 1.86 bits per heavy atom. The Morgan fingerprint density at radius 3 is 2.59 bits per heavy atom. The van der Waals surface area contributed by atoms with Gasteiger partial charge in [-0.1, -0.05) is 31.9 Å². The molecule has 0 saturated heterocycles. The van der Waals surface area contributed by atoms with Gasteiger partial charge in [0.25, 0.3) is 0 Å². The summed E-state index contributed by atoms with van der Waals surface area (Å²) in [5.74, 6) is 2.53. The Labute approximate surface area is 173 Å². The summed E-state index contributed by atoms with van der Waals surface area (Å²) in [6.45, 7) is 4.83. The number of allylic oxidation sites excluding steroid dienone is 1. The van der Waals surface area contributed by atoms with Gasteiger partial charge in [0.2, 0.25) is 0 Å². The number of alkyl halides is 3. The van der Waals surface area contributed by atoms with Gasteiger partial charge in [-0.2, -0.15) is 13.2 Å². The zero-order chi connectivity index (χ0) is 21.0. The first-order valence-corrected chi connectivity index (χ1v) is 11.7. The van der Waals surface area contributed by atoms with Crippen molar-refractivity contribution in [3.63, 3.8) is 0 Å². The van der Waals surface area contributed by atoms with Crippen molar-refractivity contribution in [1.82, 2.24) is 0 Å². The summed E-state index contributed by atoms with van der Waals surface area (Å²) in [7, 11) is 0. The molecule has 0 amide bonds. The normalized spacial score (nSPS) is 45.8. The third-order valence-corrected chi connectivity index (χ3v) is 9.68. The fourth-order valence-corrected chi connectivity index (χ4v) is 7.95. The third kappa shape index (κ3) is 3.69. The Kier molecular flexibility index (Phi) is 5.64. The molecule has 0 spiro atoms. The monoisotopic (exact) mass is 414 g/mol. The van der Waals surface area contributed by atoms with Crippen LogP contribution in [-0.2, 0) is 0 Å². The fourth-order valence-electron chi connectivity index (χ4n) is 7.95. The van der Waals surface area contributed by atoms with Crippen molar-refractivity contribution in [2.24, 2.45) is 34.5 Å². The van der Waals surface area contributed by atoms with Crippen LogP contribution >= 0.6 is 0 Å². The van der Waals surface area contributed by atoms with E-state index in [1.165, 1.54) is 24.8 Å². The molecule has 4 rings (SSSR count). The van der Waals surface area contributed by atoms with Crippen molar-refractivity contribution >= 4 is 0 Å². The molecule has 3 saturated carbocycles. The predicted molar refractivity (Wildman–Crippen MR) is 107 cm³/mol. The summed E-state index contributed by atoms with van der Waals surface area (Å²) in [6.07, 6.45) is 5.35. The molecule has 29 heavy (non-hydrogen) atoms. The third-order valence-electron chi connectivity index (χ3n) is 9.68. The molecule has 0 radical (unpaired) electrons. The molecular weight excluding hydrogens is 377 g/mol. The van der Waals surface area contributed by atoms with Gasteiger partial charge in [-0.05, 0) is 98.7 Å². The first-order chi connectivity index (χ1) is 13.6. The maximum atomic E-state index is 12.6. The number of fused-ring (bicyclic) bond motifs is 5. The number of hydrogen-bond donors (Lipinski definition) is 2. The fraction of sp³-hybridized carbons (Fsp3) is 0.917. The van der Waals surface area contributed by atoms with E-state index in [0.717, 1.165) is 38.5 Å². The Bertz CT molecular complexity index is 645. The minimum atomic E-state index is -4.49. The van der Waals surface area contributed by atoms with E-state index in [9.17, 15) is 23.4 Å². The number of halogens is 3. The smallest absolute Gasteiger partial charge is 0.393 e. The van der Waals surface area contributed by atoms with E-state index in [0.29, 0.717) is 30.1 Å². The summed E-state index contributed by atoms with van der Waals surface area (Å²) in [4.78, 5) is 0. The summed E-state index contributed by atoms with van der Waals surface area (Å²) < 4.78 is 37.8. The van der Waals surface area contributed by atoms with E-state index in [4.69, 9.17) is 0 Å². The number of aliphatic hydroxyl groups is 2. The largest absolute Gasteiger partial charge is 0.414 e. The van der Waals surface area contributed by atoms with Crippen LogP contribution in [0.2, 0.25) is 0 Å². The molecule has 3 fully saturated rings. The van der Waals surface area contributed by atoms with Crippen LogP contribution in [0.4, 0.5) is 13.2 Å². The quantitative estimate of drug-likeness (QED) is 0.552. The minimum Gasteiger partial charge on any atom is -0.393 e. The average molecular weight is 415 g/mol. The second kappa shape index (κ2) is 7.55. The van der Waals surface area contributed by atoms with Crippen LogP contribution in [-0.4, -0.2) is 28.6 Å². The summed E-state index contributed by atoms with van der Waals surface area (Å²) >= 11 is 0. The average Bonchev–Trinajstić information content (AvgIpc) is 2.98. The Morgan fingerprint density at radius 1 is 1.10 bits per heavy atom. The van der Waals surface area contributed by atoms with E-state index in [1.54, 1.807) is 0 Å². The van der Waals surface area contributed by atoms with Crippen molar-refractivity contribution in [2.45, 2.75) is 103 Å². The van der Waals surface area contributed by atoms with E-state index >= 15 is 0 Å². The van der Waals surface area contributed by atoms with Gasteiger partial charge in [-0.25, -0.2) is 0 Å². The van der Waals surface area contributed by atoms with Gasteiger partial charge in [-0.15, -0.1) is 0 Å². The highest BCUT2D eigenvalue weighted by Gasteiger charge is 2.58. The standard InChI is InChI=1S/C24H37F3O2/c1-22-13-11-20-18(8-6-16-14-17(28)10-12-23(16,20)2)19(22)9-7-15(22)4-3-5-21(29)24(25,26)27/h6,15,17-21,28-29H,3-5,7-14H2,1-2H3/t15-,17?,18?,19?,20?,21?,22?,23?/m0/s1. The van der Waals surface area contributed by atoms with Crippen LogP contribution in [0.1, 0.15) is 84.5 Å². The highest BCUT2D eigenvalue weighted by molar-refractivity contribution is 5.25. The van der Waals surface area contributed by atoms with Crippen LogP contribution in [0.3, 0.4) is 0 Å². The number of aliphatic hydroxyl groups excluding tert-OH is 2. The number of hydrogen-bond acceptors (Lipinski definition) is 2. The topological polar surface area (TPSA) is 40.5 Å². The Balaban J connectivity index is 1.43. The van der Waals surface area contributed by atoms with E-state index in [-0.39, 0.29) is 23.4 Å². The zero-order valence-corrected chi connectivity index (χ0v) is 17.8. The second-order valence-corrected chi connectivity index (χ2v) is 11.0. The molecular formula is C24H37F3O2. The number of rotatable bonds is 4. The van der Waals surface area contributed by atoms with Crippen LogP contribution in [0.15, 0.2) is 11.6 Å². The van der Waals surface area contributed by atoms with Crippen LogP contribution in [0, 0.1) is 34.5 Å². The molecule has 166 valence electrons. The second-order valence-electron chi connectivity index (χ2n) is 11.0. The Hall–Kier alpha value is -0.550. The highest BCUT2D eigenvalue weighted by Crippen LogP contribution is 2.66. The molecule has 0 aromatic carbocycles. The molecule has 8 atom stereocenters. The van der Waals surface area contributed by atoms with Gasteiger partial charge in [0.15, 0.2) is 0 Å². The molecule has 2 nitrogen and oxygen atoms in total. The van der Waals surface area contributed by atoms with Gasteiger partial charge in [-0.3, -0.25) is 0 Å². The van der Waals surface area contributed by atoms with Crippen molar-refractivity contribution in [3.8, 4) is 0 Å². The lowest BCUT2D eigenvalue weighted by Gasteiger charge is -2.58. The molecule has 2 N–H and O–H groups in total. The van der Waals surface area contributed by atoms with Crippen molar-refractivity contribution in [3.05, 3.63) is 11.6 Å². The lowest BCUT2D eigenvalue weighted by Crippen LogP contribution is -2.50. The van der Waals surface area contributed by atoms with Crippen molar-refractivity contribution in [1.29, 1.82) is 0 Å². The molecule has 4 aliphatic carbocycles. The van der Waals surface area contributed by atoms with Gasteiger partial charge in [0, 0.05) is 0 Å². The van der Waals surface area contributed by atoms with E-state index in [2.05, 4.69) is 19.9 Å². The lowest BCUT2D eigenvalue weighted by molar-refractivity contribution is -0.205. The van der Waals surface area contributed by atoms with Crippen molar-refractivity contribution in [2.75, 3.05) is 0 Å². The van der Waals surface area contributed by atoms with Crippen LogP contribution < -0.4 is 0 Å². The molecule has 5 heteroatoms. The SMILES string of the molecule is CC12CCC(O)CC1=CCC1C2CCC2(C)C1CC[C@@H]2CCCC(O)C(F)(F)F. The minimum absolute atomic E-state index is 0.167. The molecule has 0 aliphatic heterocycles. The first-order valence-electron chi connectivity index (χ1n) is 11.7. The van der Waals surface area contributed by atoms with Gasteiger partial charge >= 0.3 is 6.18 Å². The summed E-state index contributed by atoms with van der Waals surface area (Å²) in [5.41, 5.74) is 1.95. The van der Waals surface area contributed by atoms with Gasteiger partial charge < -0.3 is 10.2 Å². The molecule has 0 aromatic heterocycles.